The Hall–Kier alpha value is -0.910. The van der Waals surface area contributed by atoms with Crippen molar-refractivity contribution >= 4 is 17.2 Å². The summed E-state index contributed by atoms with van der Waals surface area (Å²) in [5.74, 6) is 0.219. The molecule has 4 nitrogen and oxygen atoms in total. The minimum Gasteiger partial charge on any atom is -0.352 e. The summed E-state index contributed by atoms with van der Waals surface area (Å²) < 4.78 is 0. The fraction of sp³-hybridized carbons (Fsp3) is 0.722. The third kappa shape index (κ3) is 4.34. The molecule has 0 atom stereocenters. The minimum atomic E-state index is 0.219. The van der Waals surface area contributed by atoms with Crippen LogP contribution in [0.25, 0.3) is 0 Å². The van der Waals surface area contributed by atoms with E-state index >= 15 is 0 Å². The molecule has 0 spiro atoms. The molecule has 0 unspecified atom stereocenters. The Morgan fingerprint density at radius 1 is 1.22 bits per heavy atom. The maximum atomic E-state index is 12.4. The van der Waals surface area contributed by atoms with Gasteiger partial charge in [0, 0.05) is 37.8 Å². The molecule has 1 saturated heterocycles. The quantitative estimate of drug-likeness (QED) is 0.832. The van der Waals surface area contributed by atoms with Crippen molar-refractivity contribution in [2.24, 2.45) is 0 Å². The monoisotopic (exact) mass is 333 g/mol. The lowest BCUT2D eigenvalue weighted by Crippen LogP contribution is -2.48. The number of nitrogens with zero attached hydrogens (tertiary/aromatic N) is 2. The summed E-state index contributed by atoms with van der Waals surface area (Å²) in [5, 5.41) is 7.60. The first-order chi connectivity index (χ1) is 11.3. The summed E-state index contributed by atoms with van der Waals surface area (Å²) >= 11 is 1.74. The van der Waals surface area contributed by atoms with E-state index in [9.17, 15) is 4.79 Å². The van der Waals surface area contributed by atoms with E-state index in [-0.39, 0.29) is 5.91 Å². The molecule has 3 fully saturated rings. The fourth-order valence-electron chi connectivity index (χ4n) is 3.68. The van der Waals surface area contributed by atoms with Gasteiger partial charge >= 0.3 is 0 Å². The molecule has 3 aliphatic rings. The summed E-state index contributed by atoms with van der Waals surface area (Å²) in [5.41, 5.74) is 1.34. The Kier molecular flexibility index (Phi) is 4.69. The molecule has 23 heavy (non-hydrogen) atoms. The van der Waals surface area contributed by atoms with Crippen LogP contribution in [0.5, 0.6) is 0 Å². The lowest BCUT2D eigenvalue weighted by molar-refractivity contribution is -0.123. The summed E-state index contributed by atoms with van der Waals surface area (Å²) in [4.78, 5) is 17.4. The number of likely N-dealkylation sites (tertiary alicyclic amines) is 1. The van der Waals surface area contributed by atoms with Crippen molar-refractivity contribution in [3.05, 3.63) is 22.4 Å². The molecule has 1 amide bonds. The number of amides is 1. The first-order valence-corrected chi connectivity index (χ1v) is 10.0. The van der Waals surface area contributed by atoms with E-state index in [1.165, 1.54) is 31.2 Å². The van der Waals surface area contributed by atoms with Gasteiger partial charge in [0.2, 0.25) is 5.91 Å². The van der Waals surface area contributed by atoms with Crippen molar-refractivity contribution in [1.29, 1.82) is 0 Å². The van der Waals surface area contributed by atoms with E-state index in [1.807, 2.05) is 0 Å². The first-order valence-electron chi connectivity index (χ1n) is 9.06. The lowest BCUT2D eigenvalue weighted by atomic mass is 10.0. The molecule has 0 radical (unpaired) electrons. The van der Waals surface area contributed by atoms with Crippen molar-refractivity contribution in [3.8, 4) is 0 Å². The predicted octanol–water partition coefficient (Wildman–Crippen LogP) is 2.46. The maximum absolute atomic E-state index is 12.4. The molecule has 2 saturated carbocycles. The fourth-order valence-corrected chi connectivity index (χ4v) is 4.34. The SMILES string of the molecule is O=C(CN(Cc1ccsc1)C1CC1)NC1CCN(C2CC2)CC1. The number of piperidine rings is 1. The van der Waals surface area contributed by atoms with E-state index in [1.54, 1.807) is 11.3 Å². The topological polar surface area (TPSA) is 35.6 Å². The van der Waals surface area contributed by atoms with Gasteiger partial charge in [0.05, 0.1) is 6.54 Å². The molecule has 0 aromatic carbocycles. The molecular formula is C18H27N3OS. The van der Waals surface area contributed by atoms with Gasteiger partial charge < -0.3 is 10.2 Å². The Morgan fingerprint density at radius 3 is 2.61 bits per heavy atom. The molecule has 4 rings (SSSR count). The number of thiophene rings is 1. The van der Waals surface area contributed by atoms with Gasteiger partial charge in [-0.2, -0.15) is 11.3 Å². The Balaban J connectivity index is 1.23. The number of carbonyl (C=O) groups excluding carboxylic acids is 1. The van der Waals surface area contributed by atoms with Gasteiger partial charge in [-0.15, -0.1) is 0 Å². The zero-order chi connectivity index (χ0) is 15.6. The Labute approximate surface area is 142 Å². The van der Waals surface area contributed by atoms with E-state index in [0.29, 0.717) is 18.6 Å². The molecule has 1 N–H and O–H groups in total. The summed E-state index contributed by atoms with van der Waals surface area (Å²) in [6.45, 7) is 3.80. The number of rotatable bonds is 7. The Morgan fingerprint density at radius 2 is 2.00 bits per heavy atom. The lowest BCUT2D eigenvalue weighted by Gasteiger charge is -2.33. The summed E-state index contributed by atoms with van der Waals surface area (Å²) in [7, 11) is 0. The molecular weight excluding hydrogens is 306 g/mol. The van der Waals surface area contributed by atoms with Crippen molar-refractivity contribution < 1.29 is 4.79 Å². The van der Waals surface area contributed by atoms with Crippen LogP contribution in [0, 0.1) is 0 Å². The number of hydrogen-bond donors (Lipinski definition) is 1. The van der Waals surface area contributed by atoms with Crippen molar-refractivity contribution in [2.45, 2.75) is 63.2 Å². The highest BCUT2D eigenvalue weighted by atomic mass is 32.1. The highest BCUT2D eigenvalue weighted by Crippen LogP contribution is 2.30. The van der Waals surface area contributed by atoms with Crippen LogP contribution in [0.2, 0.25) is 0 Å². The number of hydrogen-bond acceptors (Lipinski definition) is 4. The van der Waals surface area contributed by atoms with Crippen molar-refractivity contribution in [3.63, 3.8) is 0 Å². The molecule has 1 aromatic heterocycles. The van der Waals surface area contributed by atoms with E-state index < -0.39 is 0 Å². The number of carbonyl (C=O) groups is 1. The average molecular weight is 334 g/mol. The third-order valence-electron chi connectivity index (χ3n) is 5.33. The van der Waals surface area contributed by atoms with Crippen LogP contribution in [0.1, 0.15) is 44.1 Å². The first kappa shape index (κ1) is 15.6. The van der Waals surface area contributed by atoms with Crippen LogP contribution < -0.4 is 5.32 Å². The van der Waals surface area contributed by atoms with Crippen molar-refractivity contribution in [1.82, 2.24) is 15.1 Å². The van der Waals surface area contributed by atoms with Gasteiger partial charge in [0.25, 0.3) is 0 Å². The summed E-state index contributed by atoms with van der Waals surface area (Å²) in [6, 6.07) is 4.05. The molecule has 0 bridgehead atoms. The smallest absolute Gasteiger partial charge is 0.234 e. The second-order valence-corrected chi connectivity index (χ2v) is 8.16. The minimum absolute atomic E-state index is 0.219. The second-order valence-electron chi connectivity index (χ2n) is 7.38. The van der Waals surface area contributed by atoms with Gasteiger partial charge in [0.15, 0.2) is 0 Å². The standard InChI is InChI=1S/C18H27N3OS/c22-18(19-15-5-8-20(9-6-15)16-1-2-16)12-21(17-3-4-17)11-14-7-10-23-13-14/h7,10,13,15-17H,1-6,8-9,11-12H2,(H,19,22). The molecule has 2 heterocycles. The molecule has 1 aliphatic heterocycles. The van der Waals surface area contributed by atoms with Crippen LogP contribution in [0.4, 0.5) is 0 Å². The van der Waals surface area contributed by atoms with E-state index in [0.717, 1.165) is 38.5 Å². The van der Waals surface area contributed by atoms with Gasteiger partial charge in [-0.25, -0.2) is 0 Å². The van der Waals surface area contributed by atoms with Crippen LogP contribution in [0.3, 0.4) is 0 Å². The van der Waals surface area contributed by atoms with E-state index in [4.69, 9.17) is 0 Å². The predicted molar refractivity (Wildman–Crippen MR) is 93.5 cm³/mol. The second kappa shape index (κ2) is 6.91. The highest BCUT2D eigenvalue weighted by molar-refractivity contribution is 7.07. The molecule has 1 aromatic rings. The Bertz CT molecular complexity index is 516. The molecule has 2 aliphatic carbocycles. The molecule has 5 heteroatoms. The largest absolute Gasteiger partial charge is 0.352 e. The maximum Gasteiger partial charge on any atom is 0.234 e. The number of nitrogens with one attached hydrogen (secondary N) is 1. The van der Waals surface area contributed by atoms with Crippen LogP contribution in [0.15, 0.2) is 16.8 Å². The average Bonchev–Trinajstić information content (AvgIpc) is 3.47. The normalized spacial score (nSPS) is 23.3. The van der Waals surface area contributed by atoms with Crippen LogP contribution >= 0.6 is 11.3 Å². The van der Waals surface area contributed by atoms with Gasteiger partial charge in [-0.1, -0.05) is 0 Å². The van der Waals surface area contributed by atoms with Gasteiger partial charge in [0.1, 0.15) is 0 Å². The third-order valence-corrected chi connectivity index (χ3v) is 6.07. The van der Waals surface area contributed by atoms with Crippen LogP contribution in [-0.4, -0.2) is 53.5 Å². The zero-order valence-corrected chi connectivity index (χ0v) is 14.6. The summed E-state index contributed by atoms with van der Waals surface area (Å²) in [6.07, 6.45) is 7.51. The molecule has 126 valence electrons. The van der Waals surface area contributed by atoms with Crippen LogP contribution in [-0.2, 0) is 11.3 Å². The van der Waals surface area contributed by atoms with Crippen molar-refractivity contribution in [2.75, 3.05) is 19.6 Å². The van der Waals surface area contributed by atoms with Gasteiger partial charge in [-0.05, 0) is 60.9 Å². The van der Waals surface area contributed by atoms with Gasteiger partial charge in [-0.3, -0.25) is 9.69 Å². The van der Waals surface area contributed by atoms with E-state index in [2.05, 4.69) is 31.9 Å². The zero-order valence-electron chi connectivity index (χ0n) is 13.7. The highest BCUT2D eigenvalue weighted by Gasteiger charge is 2.33.